The van der Waals surface area contributed by atoms with Crippen molar-refractivity contribution >= 4 is 17.5 Å². The van der Waals surface area contributed by atoms with Crippen LogP contribution in [0.4, 0.5) is 10.1 Å². The van der Waals surface area contributed by atoms with E-state index in [1.165, 1.54) is 18.2 Å². The summed E-state index contributed by atoms with van der Waals surface area (Å²) >= 11 is 0. The normalized spacial score (nSPS) is 24.8. The van der Waals surface area contributed by atoms with E-state index in [9.17, 15) is 14.0 Å². The van der Waals surface area contributed by atoms with Crippen LogP contribution >= 0.6 is 0 Å². The van der Waals surface area contributed by atoms with Crippen molar-refractivity contribution in [1.29, 1.82) is 0 Å². The van der Waals surface area contributed by atoms with Crippen LogP contribution in [0, 0.1) is 11.7 Å². The van der Waals surface area contributed by atoms with Crippen LogP contribution in [0.3, 0.4) is 0 Å². The minimum absolute atomic E-state index is 0.0186. The van der Waals surface area contributed by atoms with Gasteiger partial charge in [-0.3, -0.25) is 9.59 Å². The van der Waals surface area contributed by atoms with Crippen LogP contribution in [0.5, 0.6) is 0 Å². The number of anilines is 1. The van der Waals surface area contributed by atoms with Gasteiger partial charge in [0, 0.05) is 31.8 Å². The first-order valence-corrected chi connectivity index (χ1v) is 7.57. The van der Waals surface area contributed by atoms with Crippen molar-refractivity contribution in [1.82, 2.24) is 4.90 Å². The highest BCUT2D eigenvalue weighted by atomic mass is 19.1. The molecule has 0 aromatic heterocycles. The molecule has 6 heteroatoms. The van der Waals surface area contributed by atoms with Crippen LogP contribution in [0.1, 0.15) is 19.3 Å². The van der Waals surface area contributed by atoms with E-state index in [4.69, 9.17) is 4.74 Å². The zero-order valence-corrected chi connectivity index (χ0v) is 12.3. The summed E-state index contributed by atoms with van der Waals surface area (Å²) in [6, 6.07) is 5.74. The van der Waals surface area contributed by atoms with E-state index in [2.05, 4.69) is 5.32 Å². The summed E-state index contributed by atoms with van der Waals surface area (Å²) in [5.74, 6) is -1.05. The molecule has 22 heavy (non-hydrogen) atoms. The zero-order valence-electron chi connectivity index (χ0n) is 12.3. The molecular weight excluding hydrogens is 287 g/mol. The molecule has 1 aromatic rings. The Labute approximate surface area is 128 Å². The van der Waals surface area contributed by atoms with Gasteiger partial charge in [0.15, 0.2) is 0 Å². The van der Waals surface area contributed by atoms with E-state index in [1.807, 2.05) is 0 Å². The van der Waals surface area contributed by atoms with Gasteiger partial charge in [-0.25, -0.2) is 4.39 Å². The van der Waals surface area contributed by atoms with Crippen LogP contribution in [0.2, 0.25) is 0 Å². The van der Waals surface area contributed by atoms with Gasteiger partial charge in [-0.05, 0) is 31.0 Å². The maximum atomic E-state index is 13.1. The predicted molar refractivity (Wildman–Crippen MR) is 78.7 cm³/mol. The molecule has 0 radical (unpaired) electrons. The lowest BCUT2D eigenvalue weighted by atomic mass is 10.1. The third-order valence-corrected chi connectivity index (χ3v) is 4.13. The van der Waals surface area contributed by atoms with Crippen LogP contribution in [-0.4, -0.2) is 42.5 Å². The zero-order chi connectivity index (χ0) is 15.5. The first-order chi connectivity index (χ1) is 10.6. The topological polar surface area (TPSA) is 58.6 Å². The van der Waals surface area contributed by atoms with Crippen molar-refractivity contribution in [2.45, 2.75) is 25.4 Å². The number of nitrogens with zero attached hydrogens (tertiary/aromatic N) is 1. The van der Waals surface area contributed by atoms with Gasteiger partial charge >= 0.3 is 0 Å². The van der Waals surface area contributed by atoms with Crippen molar-refractivity contribution in [2.24, 2.45) is 5.92 Å². The molecule has 2 saturated heterocycles. The molecule has 5 nitrogen and oxygen atoms in total. The van der Waals surface area contributed by atoms with E-state index >= 15 is 0 Å². The fraction of sp³-hybridized carbons (Fsp3) is 0.500. The van der Waals surface area contributed by atoms with Crippen molar-refractivity contribution < 1.29 is 18.7 Å². The number of hydrogen-bond acceptors (Lipinski definition) is 3. The van der Waals surface area contributed by atoms with Gasteiger partial charge in [-0.2, -0.15) is 0 Å². The van der Waals surface area contributed by atoms with Gasteiger partial charge in [0.25, 0.3) is 0 Å². The van der Waals surface area contributed by atoms with Crippen molar-refractivity contribution in [3.8, 4) is 0 Å². The number of likely N-dealkylation sites (tertiary alicyclic amines) is 1. The fourth-order valence-electron chi connectivity index (χ4n) is 2.97. The highest BCUT2D eigenvalue weighted by Crippen LogP contribution is 2.23. The summed E-state index contributed by atoms with van der Waals surface area (Å²) in [4.78, 5) is 25.9. The van der Waals surface area contributed by atoms with Crippen LogP contribution < -0.4 is 5.32 Å². The van der Waals surface area contributed by atoms with Gasteiger partial charge in [0.05, 0.1) is 12.0 Å². The van der Waals surface area contributed by atoms with E-state index in [0.717, 1.165) is 19.4 Å². The number of benzene rings is 1. The molecule has 0 spiro atoms. The fourth-order valence-corrected chi connectivity index (χ4v) is 2.97. The van der Waals surface area contributed by atoms with Gasteiger partial charge in [0.1, 0.15) is 5.82 Å². The van der Waals surface area contributed by atoms with Gasteiger partial charge in [-0.15, -0.1) is 0 Å². The second-order valence-corrected chi connectivity index (χ2v) is 5.83. The Bertz CT molecular complexity index is 572. The standard InChI is InChI=1S/C16H19FN2O3/c17-12-3-1-4-13(8-12)18-16(21)11-7-15(20)19(9-11)10-14-5-2-6-22-14/h1,3-4,8,11,14H,2,5-7,9-10H2,(H,18,21). The van der Waals surface area contributed by atoms with Crippen molar-refractivity contribution in [3.05, 3.63) is 30.1 Å². The minimum Gasteiger partial charge on any atom is -0.376 e. The molecule has 1 N–H and O–H groups in total. The van der Waals surface area contributed by atoms with Crippen LogP contribution in [-0.2, 0) is 14.3 Å². The predicted octanol–water partition coefficient (Wildman–Crippen LogP) is 1.79. The summed E-state index contributed by atoms with van der Waals surface area (Å²) < 4.78 is 18.7. The molecule has 2 aliphatic heterocycles. The summed E-state index contributed by atoms with van der Waals surface area (Å²) in [6.07, 6.45) is 2.28. The second kappa shape index (κ2) is 6.44. The first-order valence-electron chi connectivity index (χ1n) is 7.57. The van der Waals surface area contributed by atoms with E-state index in [-0.39, 0.29) is 24.3 Å². The molecule has 118 valence electrons. The Morgan fingerprint density at radius 3 is 3.05 bits per heavy atom. The summed E-state index contributed by atoms with van der Waals surface area (Å²) in [7, 11) is 0. The quantitative estimate of drug-likeness (QED) is 0.922. The second-order valence-electron chi connectivity index (χ2n) is 5.83. The Morgan fingerprint density at radius 1 is 1.45 bits per heavy atom. The van der Waals surface area contributed by atoms with E-state index < -0.39 is 11.7 Å². The first kappa shape index (κ1) is 15.0. The average Bonchev–Trinajstić information content (AvgIpc) is 3.10. The molecule has 2 fully saturated rings. The number of amides is 2. The largest absolute Gasteiger partial charge is 0.376 e. The Morgan fingerprint density at radius 2 is 2.32 bits per heavy atom. The van der Waals surface area contributed by atoms with Crippen LogP contribution in [0.15, 0.2) is 24.3 Å². The Hall–Kier alpha value is -1.95. The van der Waals surface area contributed by atoms with Crippen LogP contribution in [0.25, 0.3) is 0 Å². The lowest BCUT2D eigenvalue weighted by molar-refractivity contribution is -0.129. The third-order valence-electron chi connectivity index (χ3n) is 4.13. The molecule has 3 rings (SSSR count). The molecule has 1 aromatic carbocycles. The maximum Gasteiger partial charge on any atom is 0.229 e. The number of carbonyl (C=O) groups is 2. The summed E-state index contributed by atoms with van der Waals surface area (Å²) in [5, 5.41) is 2.67. The third kappa shape index (κ3) is 3.44. The van der Waals surface area contributed by atoms with E-state index in [1.54, 1.807) is 11.0 Å². The van der Waals surface area contributed by atoms with Gasteiger partial charge in [0.2, 0.25) is 11.8 Å². The highest BCUT2D eigenvalue weighted by molar-refractivity contribution is 5.97. The summed E-state index contributed by atoms with van der Waals surface area (Å²) in [6.45, 7) is 1.71. The molecule has 2 aliphatic rings. The van der Waals surface area contributed by atoms with Crippen molar-refractivity contribution in [2.75, 3.05) is 25.0 Å². The molecule has 2 atom stereocenters. The van der Waals surface area contributed by atoms with Crippen molar-refractivity contribution in [3.63, 3.8) is 0 Å². The molecule has 0 bridgehead atoms. The smallest absolute Gasteiger partial charge is 0.229 e. The average molecular weight is 306 g/mol. The molecule has 2 heterocycles. The van der Waals surface area contributed by atoms with Gasteiger partial charge in [-0.1, -0.05) is 6.07 Å². The number of rotatable bonds is 4. The molecular formula is C16H19FN2O3. The van der Waals surface area contributed by atoms with Gasteiger partial charge < -0.3 is 15.0 Å². The number of halogens is 1. The number of nitrogens with one attached hydrogen (secondary N) is 1. The monoisotopic (exact) mass is 306 g/mol. The lowest BCUT2D eigenvalue weighted by Gasteiger charge is -2.20. The maximum absolute atomic E-state index is 13.1. The molecule has 0 saturated carbocycles. The number of hydrogen-bond donors (Lipinski definition) is 1. The SMILES string of the molecule is O=C(Nc1cccc(F)c1)C1CC(=O)N(CC2CCCO2)C1. The highest BCUT2D eigenvalue weighted by Gasteiger charge is 2.35. The van der Waals surface area contributed by atoms with E-state index in [0.29, 0.717) is 18.8 Å². The molecule has 0 aliphatic carbocycles. The molecule has 2 amide bonds. The number of ether oxygens (including phenoxy) is 1. The molecule has 2 unspecified atom stereocenters. The Balaban J connectivity index is 1.56. The number of carbonyl (C=O) groups excluding carboxylic acids is 2. The minimum atomic E-state index is -0.402. The lowest BCUT2D eigenvalue weighted by Crippen LogP contribution is -2.34. The summed E-state index contributed by atoms with van der Waals surface area (Å²) in [5.41, 5.74) is 0.412. The Kier molecular flexibility index (Phi) is 4.38.